The molecule has 0 aromatic heterocycles. The molecule has 5 nitrogen and oxygen atoms in total. The van der Waals surface area contributed by atoms with Gasteiger partial charge in [0.25, 0.3) is 0 Å². The summed E-state index contributed by atoms with van der Waals surface area (Å²) in [6, 6.07) is 0. The van der Waals surface area contributed by atoms with E-state index in [9.17, 15) is 9.90 Å². The number of hydrogen-bond acceptors (Lipinski definition) is 4. The second kappa shape index (κ2) is 3.43. The van der Waals surface area contributed by atoms with Gasteiger partial charge in [0.1, 0.15) is 0 Å². The van der Waals surface area contributed by atoms with Crippen molar-refractivity contribution in [3.8, 4) is 0 Å². The van der Waals surface area contributed by atoms with Crippen LogP contribution in [0.15, 0.2) is 0 Å². The fourth-order valence-electron chi connectivity index (χ4n) is 3.84. The second-order valence-electron chi connectivity index (χ2n) is 5.66. The Balaban J connectivity index is 1.97. The van der Waals surface area contributed by atoms with E-state index in [4.69, 9.17) is 14.6 Å². The molecule has 3 heterocycles. The highest BCUT2D eigenvalue weighted by Crippen LogP contribution is 2.60. The van der Waals surface area contributed by atoms with Crippen LogP contribution in [0.25, 0.3) is 0 Å². The van der Waals surface area contributed by atoms with Crippen LogP contribution in [0.2, 0.25) is 0 Å². The molecule has 3 aliphatic heterocycles. The summed E-state index contributed by atoms with van der Waals surface area (Å²) in [5.74, 6) is -2.08. The quantitative estimate of drug-likeness (QED) is 0.758. The van der Waals surface area contributed by atoms with Crippen LogP contribution in [0.1, 0.15) is 39.0 Å². The van der Waals surface area contributed by atoms with Gasteiger partial charge < -0.3 is 19.7 Å². The first-order valence-corrected chi connectivity index (χ1v) is 6.23. The summed E-state index contributed by atoms with van der Waals surface area (Å²) in [5, 5.41) is 19.6. The lowest BCUT2D eigenvalue weighted by molar-refractivity contribution is -0.461. The summed E-state index contributed by atoms with van der Waals surface area (Å²) >= 11 is 0. The molecule has 3 saturated heterocycles. The number of rotatable bonds is 2. The van der Waals surface area contributed by atoms with E-state index in [0.717, 1.165) is 12.8 Å². The third-order valence-electron chi connectivity index (χ3n) is 4.88. The van der Waals surface area contributed by atoms with Gasteiger partial charge in [-0.05, 0) is 18.8 Å². The Labute approximate surface area is 99.7 Å². The predicted molar refractivity (Wildman–Crippen MR) is 57.0 cm³/mol. The van der Waals surface area contributed by atoms with Gasteiger partial charge in [0.05, 0.1) is 11.5 Å². The van der Waals surface area contributed by atoms with Crippen LogP contribution in [0, 0.1) is 11.3 Å². The highest BCUT2D eigenvalue weighted by Gasteiger charge is 2.67. The Morgan fingerprint density at radius 3 is 2.94 bits per heavy atom. The largest absolute Gasteiger partial charge is 0.481 e. The third-order valence-corrected chi connectivity index (χ3v) is 4.88. The molecule has 4 rings (SSSR count). The number of carboxylic acids is 1. The first-order chi connectivity index (χ1) is 7.96. The third kappa shape index (κ3) is 1.39. The van der Waals surface area contributed by atoms with Crippen LogP contribution < -0.4 is 0 Å². The summed E-state index contributed by atoms with van der Waals surface area (Å²) < 4.78 is 11.4. The van der Waals surface area contributed by atoms with E-state index in [0.29, 0.717) is 12.8 Å². The fourth-order valence-corrected chi connectivity index (χ4v) is 3.84. The molecule has 4 bridgehead atoms. The van der Waals surface area contributed by atoms with Gasteiger partial charge in [-0.25, -0.2) is 0 Å². The molecule has 0 amide bonds. The molecular formula is C12H18O5. The van der Waals surface area contributed by atoms with Crippen LogP contribution in [-0.4, -0.2) is 34.4 Å². The molecule has 0 unspecified atom stereocenters. The number of carbonyl (C=O) groups is 1. The number of aliphatic carboxylic acids is 1. The Hall–Kier alpha value is -0.650. The molecule has 96 valence electrons. The SMILES string of the molecule is C[C@]12[C@@H](CC(=O)O)C[C@@H]3O[C@H]1CCC[C@@]2(O)O3. The van der Waals surface area contributed by atoms with Crippen molar-refractivity contribution in [3.63, 3.8) is 0 Å². The molecule has 17 heavy (non-hydrogen) atoms. The maximum absolute atomic E-state index is 10.9. The van der Waals surface area contributed by atoms with Gasteiger partial charge in [0, 0.05) is 19.3 Å². The van der Waals surface area contributed by atoms with Gasteiger partial charge in [0.15, 0.2) is 12.1 Å². The molecule has 0 radical (unpaired) electrons. The van der Waals surface area contributed by atoms with Crippen molar-refractivity contribution < 1.29 is 24.5 Å². The van der Waals surface area contributed by atoms with Crippen LogP contribution in [-0.2, 0) is 14.3 Å². The molecule has 1 saturated carbocycles. The number of aliphatic hydroxyl groups is 1. The van der Waals surface area contributed by atoms with Crippen LogP contribution in [0.5, 0.6) is 0 Å². The zero-order valence-corrected chi connectivity index (χ0v) is 9.89. The van der Waals surface area contributed by atoms with Gasteiger partial charge in [-0.3, -0.25) is 4.79 Å². The number of hydrogen-bond donors (Lipinski definition) is 2. The number of fused-ring (bicyclic) bond motifs is 1. The summed E-state index contributed by atoms with van der Waals surface area (Å²) in [6.07, 6.45) is 2.48. The zero-order chi connectivity index (χ0) is 12.3. The van der Waals surface area contributed by atoms with E-state index in [1.165, 1.54) is 0 Å². The highest BCUT2D eigenvalue weighted by molar-refractivity contribution is 5.67. The van der Waals surface area contributed by atoms with E-state index < -0.39 is 23.5 Å². The Morgan fingerprint density at radius 1 is 1.53 bits per heavy atom. The van der Waals surface area contributed by atoms with Gasteiger partial charge in [0.2, 0.25) is 0 Å². The number of ether oxygens (including phenoxy) is 2. The molecule has 5 atom stereocenters. The first-order valence-electron chi connectivity index (χ1n) is 6.23. The maximum atomic E-state index is 10.9. The predicted octanol–water partition coefficient (Wildman–Crippen LogP) is 1.10. The molecule has 1 aliphatic carbocycles. The molecule has 0 aromatic rings. The van der Waals surface area contributed by atoms with E-state index >= 15 is 0 Å². The molecule has 5 heteroatoms. The lowest BCUT2D eigenvalue weighted by Gasteiger charge is -2.64. The van der Waals surface area contributed by atoms with Crippen LogP contribution >= 0.6 is 0 Å². The smallest absolute Gasteiger partial charge is 0.303 e. The van der Waals surface area contributed by atoms with Crippen molar-refractivity contribution in [1.82, 2.24) is 0 Å². The monoisotopic (exact) mass is 242 g/mol. The van der Waals surface area contributed by atoms with E-state index in [-0.39, 0.29) is 18.4 Å². The van der Waals surface area contributed by atoms with Gasteiger partial charge in [-0.2, -0.15) is 0 Å². The first kappa shape index (κ1) is 11.4. The Kier molecular flexibility index (Phi) is 2.31. The summed E-state index contributed by atoms with van der Waals surface area (Å²) in [6.45, 7) is 1.92. The second-order valence-corrected chi connectivity index (χ2v) is 5.66. The highest BCUT2D eigenvalue weighted by atomic mass is 16.8. The zero-order valence-electron chi connectivity index (χ0n) is 9.89. The van der Waals surface area contributed by atoms with E-state index in [1.54, 1.807) is 0 Å². The van der Waals surface area contributed by atoms with Gasteiger partial charge in [-0.1, -0.05) is 6.92 Å². The van der Waals surface area contributed by atoms with E-state index in [2.05, 4.69) is 0 Å². The lowest BCUT2D eigenvalue weighted by Crippen LogP contribution is -2.71. The molecular weight excluding hydrogens is 224 g/mol. The van der Waals surface area contributed by atoms with E-state index in [1.807, 2.05) is 6.92 Å². The molecule has 0 spiro atoms. The molecule has 2 N–H and O–H groups in total. The summed E-state index contributed by atoms with van der Waals surface area (Å²) in [4.78, 5) is 10.9. The van der Waals surface area contributed by atoms with Crippen molar-refractivity contribution in [2.45, 2.75) is 57.2 Å². The minimum absolute atomic E-state index is 0.0669. The lowest BCUT2D eigenvalue weighted by atomic mass is 9.57. The molecule has 4 fully saturated rings. The summed E-state index contributed by atoms with van der Waals surface area (Å²) in [5.41, 5.74) is -0.585. The van der Waals surface area contributed by atoms with Crippen molar-refractivity contribution in [2.24, 2.45) is 11.3 Å². The van der Waals surface area contributed by atoms with Crippen LogP contribution in [0.3, 0.4) is 0 Å². The standard InChI is InChI=1S/C12H18O5/c1-11-7(5-9(13)14)6-10-16-8(11)3-2-4-12(11,15)17-10/h7-8,10,15H,2-6H2,1H3,(H,13,14)/t7-,8-,10+,11-,12+/m0/s1. The summed E-state index contributed by atoms with van der Waals surface area (Å²) in [7, 11) is 0. The van der Waals surface area contributed by atoms with Crippen molar-refractivity contribution >= 4 is 5.97 Å². The van der Waals surface area contributed by atoms with Gasteiger partial charge in [-0.15, -0.1) is 0 Å². The Bertz CT molecular complexity index is 357. The topological polar surface area (TPSA) is 76.0 Å². The molecule has 0 aromatic carbocycles. The van der Waals surface area contributed by atoms with Crippen LogP contribution in [0.4, 0.5) is 0 Å². The minimum Gasteiger partial charge on any atom is -0.481 e. The number of carboxylic acid groups (broad SMARTS) is 1. The minimum atomic E-state index is -1.20. The molecule has 4 aliphatic rings. The van der Waals surface area contributed by atoms with Crippen molar-refractivity contribution in [1.29, 1.82) is 0 Å². The normalized spacial score (nSPS) is 52.5. The Morgan fingerprint density at radius 2 is 2.29 bits per heavy atom. The maximum Gasteiger partial charge on any atom is 0.303 e. The average Bonchev–Trinajstić information content (AvgIpc) is 2.18. The van der Waals surface area contributed by atoms with Crippen molar-refractivity contribution in [3.05, 3.63) is 0 Å². The van der Waals surface area contributed by atoms with Gasteiger partial charge >= 0.3 is 5.97 Å². The fraction of sp³-hybridized carbons (Fsp3) is 0.917. The average molecular weight is 242 g/mol. The van der Waals surface area contributed by atoms with Crippen molar-refractivity contribution in [2.75, 3.05) is 0 Å².